The fourth-order valence-corrected chi connectivity index (χ4v) is 11.7. The van der Waals surface area contributed by atoms with Crippen molar-refractivity contribution < 1.29 is 30.0 Å². The lowest BCUT2D eigenvalue weighted by Gasteiger charge is -2.27. The van der Waals surface area contributed by atoms with Crippen molar-refractivity contribution in [3.63, 3.8) is 0 Å². The molecule has 0 radical (unpaired) electrons. The Kier molecular flexibility index (Phi) is 64.9. The lowest BCUT2D eigenvalue weighted by Crippen LogP contribution is -2.46. The molecule has 0 aromatic heterocycles. The summed E-state index contributed by atoms with van der Waals surface area (Å²) in [5.41, 5.74) is 0. The predicted molar refractivity (Wildman–Crippen MR) is 361 cm³/mol. The molecule has 502 valence electrons. The molecule has 0 saturated carbocycles. The van der Waals surface area contributed by atoms with Gasteiger partial charge in [-0.3, -0.25) is 19.4 Å². The zero-order valence-electron chi connectivity index (χ0n) is 56.7. The van der Waals surface area contributed by atoms with Crippen LogP contribution in [-0.4, -0.2) is 170 Å². The molecule has 4 unspecified atom stereocenters. The summed E-state index contributed by atoms with van der Waals surface area (Å²) in [7, 11) is 2.19. The molecule has 84 heavy (non-hydrogen) atoms. The summed E-state index contributed by atoms with van der Waals surface area (Å²) < 4.78 is 0. The van der Waals surface area contributed by atoms with E-state index in [-0.39, 0.29) is 24.9 Å². The summed E-state index contributed by atoms with van der Waals surface area (Å²) in [6.45, 7) is 17.7. The van der Waals surface area contributed by atoms with E-state index in [1.807, 2.05) is 0 Å². The van der Waals surface area contributed by atoms with Crippen molar-refractivity contribution in [1.82, 2.24) is 36.0 Å². The van der Waals surface area contributed by atoms with Gasteiger partial charge in [-0.15, -0.1) is 0 Å². The van der Waals surface area contributed by atoms with Crippen LogP contribution in [0.4, 0.5) is 0 Å². The molecule has 0 rings (SSSR count). The van der Waals surface area contributed by atoms with Crippen molar-refractivity contribution >= 4 is 11.8 Å². The average Bonchev–Trinajstić information content (AvgIpc) is 3.49. The molecule has 0 aromatic rings. The lowest BCUT2D eigenvalue weighted by atomic mass is 10.1. The van der Waals surface area contributed by atoms with Crippen LogP contribution >= 0.6 is 0 Å². The quantitative estimate of drug-likeness (QED) is 0.0273. The fourth-order valence-electron chi connectivity index (χ4n) is 11.7. The molecule has 0 aliphatic carbocycles. The summed E-state index contributed by atoms with van der Waals surface area (Å²) in [4.78, 5) is 32.6. The molecule has 0 aliphatic heterocycles. The second-order valence-electron chi connectivity index (χ2n) is 26.0. The highest BCUT2D eigenvalue weighted by molar-refractivity contribution is 5.81. The third kappa shape index (κ3) is 59.5. The number of carbonyl (C=O) groups excluding carboxylic acids is 2. The first-order valence-corrected chi connectivity index (χ1v) is 36.9. The first-order chi connectivity index (χ1) is 41.1. The Labute approximate surface area is 521 Å². The molecule has 0 spiro atoms. The number of nitrogens with one attached hydrogen (secondary N) is 4. The number of hydrogen-bond donors (Lipinski definition) is 8. The Morgan fingerprint density at radius 1 is 0.298 bits per heavy atom. The SMILES string of the molecule is CCCCCCCCCCCCNCC(O)CN(CCCCCN(C)CCCCCN(CC(O)CNCCCCCCCCCCCC)CC(O)C(=O)NCCCCCCCCCCCC)CC(O)C(=O)NCCCCCCCCCCCC. The van der Waals surface area contributed by atoms with Gasteiger partial charge in [0.25, 0.3) is 0 Å². The molecular weight excluding hydrogens is 1050 g/mol. The largest absolute Gasteiger partial charge is 0.390 e. The topological polar surface area (TPSA) is 173 Å². The Morgan fingerprint density at radius 2 is 0.524 bits per heavy atom. The van der Waals surface area contributed by atoms with Gasteiger partial charge in [0.05, 0.1) is 12.2 Å². The molecule has 0 saturated heterocycles. The molecule has 13 nitrogen and oxygen atoms in total. The molecule has 8 N–H and O–H groups in total. The van der Waals surface area contributed by atoms with E-state index < -0.39 is 24.4 Å². The van der Waals surface area contributed by atoms with Crippen molar-refractivity contribution in [2.45, 2.75) is 347 Å². The molecular formula is C71H147N7O6. The van der Waals surface area contributed by atoms with Crippen LogP contribution in [0, 0.1) is 0 Å². The highest BCUT2D eigenvalue weighted by Gasteiger charge is 2.22. The third-order valence-electron chi connectivity index (χ3n) is 17.3. The number of hydrogen-bond acceptors (Lipinski definition) is 11. The van der Waals surface area contributed by atoms with Crippen LogP contribution in [0.25, 0.3) is 0 Å². The van der Waals surface area contributed by atoms with Gasteiger partial charge >= 0.3 is 0 Å². The standard InChI is InChI=1S/C71H147N7O6/c1-6-10-14-18-22-26-30-34-38-44-52-72-60-66(79)62-77(64-68(81)70(83)74-54-46-40-36-32-28-24-20-16-12-8-3)58-50-42-48-56-76(5)57-49-43-51-59-78(63-67(80)61-73-53-45-39-35-31-27-23-19-15-11-7-2)65-69(82)71(84)75-55-47-41-37-33-29-25-21-17-13-9-4/h66-69,72-73,79-82H,6-65H2,1-5H3,(H,74,83)(H,75,84). The van der Waals surface area contributed by atoms with Crippen LogP contribution < -0.4 is 21.3 Å². The van der Waals surface area contributed by atoms with Gasteiger partial charge in [0.15, 0.2) is 0 Å². The van der Waals surface area contributed by atoms with Gasteiger partial charge in [-0.25, -0.2) is 0 Å². The highest BCUT2D eigenvalue weighted by Crippen LogP contribution is 2.15. The Morgan fingerprint density at radius 3 is 0.798 bits per heavy atom. The Balaban J connectivity index is 5.00. The summed E-state index contributed by atoms with van der Waals surface area (Å²) >= 11 is 0. The minimum absolute atomic E-state index is 0.220. The number of amides is 2. The van der Waals surface area contributed by atoms with Crippen LogP contribution in [0.15, 0.2) is 0 Å². The van der Waals surface area contributed by atoms with Crippen molar-refractivity contribution in [3.8, 4) is 0 Å². The van der Waals surface area contributed by atoms with E-state index in [4.69, 9.17) is 0 Å². The van der Waals surface area contributed by atoms with E-state index in [0.717, 1.165) is 116 Å². The predicted octanol–water partition coefficient (Wildman–Crippen LogP) is 14.4. The van der Waals surface area contributed by atoms with Gasteiger partial charge in [0.1, 0.15) is 12.2 Å². The number of aliphatic hydroxyl groups excluding tert-OH is 4. The van der Waals surface area contributed by atoms with Gasteiger partial charge < -0.3 is 46.6 Å². The fraction of sp³-hybridized carbons (Fsp3) is 0.972. The first kappa shape index (κ1) is 82.6. The van der Waals surface area contributed by atoms with Crippen molar-refractivity contribution in [1.29, 1.82) is 0 Å². The number of carbonyl (C=O) groups is 2. The van der Waals surface area contributed by atoms with E-state index >= 15 is 0 Å². The van der Waals surface area contributed by atoms with Gasteiger partial charge in [-0.1, -0.05) is 272 Å². The molecule has 13 heteroatoms. The molecule has 0 bridgehead atoms. The van der Waals surface area contributed by atoms with Gasteiger partial charge in [-0.2, -0.15) is 0 Å². The molecule has 0 fully saturated rings. The van der Waals surface area contributed by atoms with Gasteiger partial charge in [-0.05, 0) is 97.7 Å². The maximum atomic E-state index is 13.0. The average molecular weight is 1190 g/mol. The minimum atomic E-state index is -1.13. The molecule has 2 amide bonds. The van der Waals surface area contributed by atoms with Crippen molar-refractivity contribution in [2.24, 2.45) is 0 Å². The number of unbranched alkanes of at least 4 members (excludes halogenated alkanes) is 40. The Hall–Kier alpha value is -1.42. The zero-order chi connectivity index (χ0) is 61.5. The molecule has 0 heterocycles. The summed E-state index contributed by atoms with van der Waals surface area (Å²) in [5.74, 6) is -0.623. The Bertz CT molecular complexity index is 1240. The smallest absolute Gasteiger partial charge is 0.250 e. The first-order valence-electron chi connectivity index (χ1n) is 36.9. The third-order valence-corrected chi connectivity index (χ3v) is 17.3. The summed E-state index contributed by atoms with van der Waals surface area (Å²) in [6.07, 6.45) is 53.5. The molecule has 4 atom stereocenters. The van der Waals surface area contributed by atoms with Crippen molar-refractivity contribution in [2.75, 3.05) is 98.7 Å². The molecule has 0 aliphatic rings. The van der Waals surface area contributed by atoms with E-state index in [1.54, 1.807) is 0 Å². The number of nitrogens with zero attached hydrogens (tertiary/aromatic N) is 3. The monoisotopic (exact) mass is 1190 g/mol. The maximum Gasteiger partial charge on any atom is 0.250 e. The maximum absolute atomic E-state index is 13.0. The van der Waals surface area contributed by atoms with Crippen LogP contribution in [0.3, 0.4) is 0 Å². The molecule has 0 aromatic carbocycles. The van der Waals surface area contributed by atoms with Crippen LogP contribution in [0.2, 0.25) is 0 Å². The van der Waals surface area contributed by atoms with Crippen LogP contribution in [0.1, 0.15) is 323 Å². The van der Waals surface area contributed by atoms with E-state index in [0.29, 0.717) is 39.3 Å². The van der Waals surface area contributed by atoms with Crippen LogP contribution in [0.5, 0.6) is 0 Å². The van der Waals surface area contributed by atoms with E-state index in [2.05, 4.69) is 70.7 Å². The minimum Gasteiger partial charge on any atom is -0.390 e. The number of aliphatic hydroxyl groups is 4. The van der Waals surface area contributed by atoms with Gasteiger partial charge in [0, 0.05) is 52.4 Å². The van der Waals surface area contributed by atoms with Crippen LogP contribution in [-0.2, 0) is 9.59 Å². The van der Waals surface area contributed by atoms with E-state index in [9.17, 15) is 30.0 Å². The second kappa shape index (κ2) is 66.0. The summed E-state index contributed by atoms with van der Waals surface area (Å²) in [6, 6.07) is 0. The van der Waals surface area contributed by atoms with E-state index in [1.165, 1.54) is 218 Å². The van der Waals surface area contributed by atoms with Gasteiger partial charge in [0.2, 0.25) is 11.8 Å². The zero-order valence-corrected chi connectivity index (χ0v) is 56.7. The normalized spacial score (nSPS) is 13.4. The summed E-state index contributed by atoms with van der Waals surface area (Å²) in [5, 5.41) is 57.2. The number of rotatable bonds is 70. The highest BCUT2D eigenvalue weighted by atomic mass is 16.3. The van der Waals surface area contributed by atoms with Crippen molar-refractivity contribution in [3.05, 3.63) is 0 Å². The second-order valence-corrected chi connectivity index (χ2v) is 26.0. The lowest BCUT2D eigenvalue weighted by molar-refractivity contribution is -0.131.